The molecule has 0 radical (unpaired) electrons. The first-order valence-corrected chi connectivity index (χ1v) is 7.44. The minimum atomic E-state index is 0.825. The molecule has 0 aliphatic carbocycles. The average Bonchev–Trinajstić information content (AvgIpc) is 3.05. The maximum Gasteiger partial charge on any atom is 0.159 e. The lowest BCUT2D eigenvalue weighted by Gasteiger charge is -1.98. The van der Waals surface area contributed by atoms with E-state index in [2.05, 4.69) is 60.7 Å². The molecule has 0 saturated carbocycles. The summed E-state index contributed by atoms with van der Waals surface area (Å²) in [5.41, 5.74) is 4.38. The van der Waals surface area contributed by atoms with Gasteiger partial charge in [-0.3, -0.25) is 0 Å². The first-order chi connectivity index (χ1) is 10.8. The van der Waals surface area contributed by atoms with E-state index in [4.69, 9.17) is 4.42 Å². The lowest BCUT2D eigenvalue weighted by Crippen LogP contribution is -1.86. The van der Waals surface area contributed by atoms with Gasteiger partial charge in [0, 0.05) is 34.3 Å². The van der Waals surface area contributed by atoms with Crippen LogP contribution < -0.4 is 0 Å². The number of aromatic nitrogens is 1. The molecule has 0 N–H and O–H groups in total. The Balaban J connectivity index is 2.27. The highest BCUT2D eigenvalue weighted by atomic mass is 16.3. The Labute approximate surface area is 129 Å². The predicted molar refractivity (Wildman–Crippen MR) is 95.0 cm³/mol. The standard InChI is InChI=1S/C20H17NO/c1-4-8-14-16-12-11-15-13-9-6-7-10-17(13)21(3)19(15)20(16)22-18(14)5-2/h4-12H,2H2,1,3H3/b8-4-. The zero-order chi connectivity index (χ0) is 15.3. The average molecular weight is 287 g/mol. The van der Waals surface area contributed by atoms with Crippen molar-refractivity contribution in [3.63, 3.8) is 0 Å². The van der Waals surface area contributed by atoms with Crippen molar-refractivity contribution in [2.24, 2.45) is 7.05 Å². The van der Waals surface area contributed by atoms with E-state index < -0.39 is 0 Å². The van der Waals surface area contributed by atoms with Crippen molar-refractivity contribution in [3.8, 4) is 0 Å². The Morgan fingerprint density at radius 2 is 1.82 bits per heavy atom. The Bertz CT molecular complexity index is 1060. The molecule has 2 aromatic heterocycles. The van der Waals surface area contributed by atoms with Crippen molar-refractivity contribution < 1.29 is 4.42 Å². The summed E-state index contributed by atoms with van der Waals surface area (Å²) >= 11 is 0. The van der Waals surface area contributed by atoms with Crippen LogP contribution in [0.1, 0.15) is 18.2 Å². The van der Waals surface area contributed by atoms with Gasteiger partial charge in [-0.2, -0.15) is 0 Å². The SMILES string of the molecule is C=Cc1oc2c(ccc3c4ccccc4n(C)c32)c1/C=C\C. The summed E-state index contributed by atoms with van der Waals surface area (Å²) in [6.45, 7) is 5.89. The van der Waals surface area contributed by atoms with Gasteiger partial charge in [-0.15, -0.1) is 0 Å². The maximum absolute atomic E-state index is 6.13. The summed E-state index contributed by atoms with van der Waals surface area (Å²) in [7, 11) is 2.09. The molecule has 108 valence electrons. The smallest absolute Gasteiger partial charge is 0.159 e. The largest absolute Gasteiger partial charge is 0.454 e. The van der Waals surface area contributed by atoms with Crippen LogP contribution >= 0.6 is 0 Å². The zero-order valence-corrected chi connectivity index (χ0v) is 12.8. The molecule has 4 aromatic rings. The molecule has 0 bridgehead atoms. The summed E-state index contributed by atoms with van der Waals surface area (Å²) in [5, 5.41) is 3.61. The minimum absolute atomic E-state index is 0.825. The van der Waals surface area contributed by atoms with E-state index in [-0.39, 0.29) is 0 Å². The highest BCUT2D eigenvalue weighted by molar-refractivity contribution is 6.17. The van der Waals surface area contributed by atoms with Crippen LogP contribution in [0.25, 0.3) is 44.9 Å². The molecule has 0 saturated heterocycles. The molecule has 4 rings (SSSR count). The fraction of sp³-hybridized carbons (Fsp3) is 0.100. The van der Waals surface area contributed by atoms with E-state index in [1.807, 2.05) is 13.0 Å². The first-order valence-electron chi connectivity index (χ1n) is 7.44. The van der Waals surface area contributed by atoms with Gasteiger partial charge in [-0.05, 0) is 25.1 Å². The molecular weight excluding hydrogens is 270 g/mol. The maximum atomic E-state index is 6.13. The van der Waals surface area contributed by atoms with Gasteiger partial charge in [0.2, 0.25) is 0 Å². The van der Waals surface area contributed by atoms with Crippen LogP contribution in [0.3, 0.4) is 0 Å². The number of benzene rings is 2. The topological polar surface area (TPSA) is 18.1 Å². The number of aryl methyl sites for hydroxylation is 1. The number of rotatable bonds is 2. The van der Waals surface area contributed by atoms with Crippen molar-refractivity contribution in [1.29, 1.82) is 0 Å². The van der Waals surface area contributed by atoms with E-state index in [0.717, 1.165) is 27.8 Å². The van der Waals surface area contributed by atoms with Crippen LogP contribution in [0.15, 0.2) is 53.5 Å². The number of allylic oxidation sites excluding steroid dienone is 1. The molecule has 2 heteroatoms. The van der Waals surface area contributed by atoms with Gasteiger partial charge in [-0.1, -0.05) is 43.0 Å². The van der Waals surface area contributed by atoms with Crippen LogP contribution in [-0.2, 0) is 7.05 Å². The molecule has 0 amide bonds. The van der Waals surface area contributed by atoms with Crippen LogP contribution in [0.5, 0.6) is 0 Å². The van der Waals surface area contributed by atoms with Gasteiger partial charge in [0.15, 0.2) is 5.58 Å². The monoisotopic (exact) mass is 287 g/mol. The molecule has 0 aliphatic heterocycles. The molecule has 0 fully saturated rings. The summed E-state index contributed by atoms with van der Waals surface area (Å²) in [4.78, 5) is 0. The van der Waals surface area contributed by atoms with Crippen molar-refractivity contribution in [1.82, 2.24) is 4.57 Å². The van der Waals surface area contributed by atoms with Crippen molar-refractivity contribution in [3.05, 3.63) is 60.4 Å². The van der Waals surface area contributed by atoms with Gasteiger partial charge in [0.1, 0.15) is 5.76 Å². The van der Waals surface area contributed by atoms with E-state index in [0.29, 0.717) is 0 Å². The fourth-order valence-corrected chi connectivity index (χ4v) is 3.34. The second-order valence-electron chi connectivity index (χ2n) is 5.50. The summed E-state index contributed by atoms with van der Waals surface area (Å²) < 4.78 is 8.35. The van der Waals surface area contributed by atoms with E-state index in [1.54, 1.807) is 6.08 Å². The molecule has 2 nitrogen and oxygen atoms in total. The lowest BCUT2D eigenvalue weighted by molar-refractivity contribution is 0.605. The summed E-state index contributed by atoms with van der Waals surface area (Å²) in [6, 6.07) is 12.8. The van der Waals surface area contributed by atoms with Crippen LogP contribution in [-0.4, -0.2) is 4.57 Å². The lowest BCUT2D eigenvalue weighted by atomic mass is 10.1. The van der Waals surface area contributed by atoms with Crippen molar-refractivity contribution in [2.45, 2.75) is 6.92 Å². The minimum Gasteiger partial charge on any atom is -0.454 e. The Kier molecular flexibility index (Phi) is 2.73. The molecule has 0 spiro atoms. The molecule has 22 heavy (non-hydrogen) atoms. The summed E-state index contributed by atoms with van der Waals surface area (Å²) in [6.07, 6.45) is 5.89. The van der Waals surface area contributed by atoms with Gasteiger partial charge >= 0.3 is 0 Å². The number of fused-ring (bicyclic) bond motifs is 5. The molecule has 2 aromatic carbocycles. The van der Waals surface area contributed by atoms with Crippen LogP contribution in [0, 0.1) is 0 Å². The van der Waals surface area contributed by atoms with Gasteiger partial charge < -0.3 is 8.98 Å². The summed E-state index contributed by atoms with van der Waals surface area (Å²) in [5.74, 6) is 0.825. The Morgan fingerprint density at radius 3 is 2.59 bits per heavy atom. The van der Waals surface area contributed by atoms with Gasteiger partial charge in [0.25, 0.3) is 0 Å². The quantitative estimate of drug-likeness (QED) is 0.459. The highest BCUT2D eigenvalue weighted by Gasteiger charge is 2.17. The van der Waals surface area contributed by atoms with E-state index >= 15 is 0 Å². The second-order valence-corrected chi connectivity index (χ2v) is 5.50. The molecule has 0 unspecified atom stereocenters. The van der Waals surface area contributed by atoms with Crippen LogP contribution in [0.2, 0.25) is 0 Å². The Hall–Kier alpha value is -2.74. The van der Waals surface area contributed by atoms with Gasteiger partial charge in [0.05, 0.1) is 5.52 Å². The third kappa shape index (κ3) is 1.55. The Morgan fingerprint density at radius 1 is 1.05 bits per heavy atom. The van der Waals surface area contributed by atoms with E-state index in [9.17, 15) is 0 Å². The number of para-hydroxylation sites is 1. The number of nitrogens with zero attached hydrogens (tertiary/aromatic N) is 1. The fourth-order valence-electron chi connectivity index (χ4n) is 3.34. The number of hydrogen-bond donors (Lipinski definition) is 0. The van der Waals surface area contributed by atoms with Crippen molar-refractivity contribution >= 4 is 44.9 Å². The normalized spacial score (nSPS) is 12.1. The van der Waals surface area contributed by atoms with E-state index in [1.165, 1.54) is 16.3 Å². The van der Waals surface area contributed by atoms with Gasteiger partial charge in [-0.25, -0.2) is 0 Å². The molecule has 0 aliphatic rings. The number of furan rings is 1. The zero-order valence-electron chi connectivity index (χ0n) is 12.8. The first kappa shape index (κ1) is 13.0. The van der Waals surface area contributed by atoms with Crippen molar-refractivity contribution in [2.75, 3.05) is 0 Å². The molecule has 2 heterocycles. The second kappa shape index (κ2) is 4.63. The third-order valence-corrected chi connectivity index (χ3v) is 4.31. The molecular formula is C20H17NO. The number of hydrogen-bond acceptors (Lipinski definition) is 1. The molecule has 0 atom stereocenters. The highest BCUT2D eigenvalue weighted by Crippen LogP contribution is 2.37. The predicted octanol–water partition coefficient (Wildman–Crippen LogP) is 5.75. The third-order valence-electron chi connectivity index (χ3n) is 4.31. The van der Waals surface area contributed by atoms with Crippen LogP contribution in [0.4, 0.5) is 0 Å².